The van der Waals surface area contributed by atoms with Gasteiger partial charge in [-0.15, -0.1) is 0 Å². The van der Waals surface area contributed by atoms with E-state index in [-0.39, 0.29) is 0 Å². The average Bonchev–Trinajstić information content (AvgIpc) is 2.79. The van der Waals surface area contributed by atoms with Crippen molar-refractivity contribution in [3.05, 3.63) is 29.3 Å². The number of nitrogens with one attached hydrogen (secondary N) is 2. The van der Waals surface area contributed by atoms with E-state index >= 15 is 0 Å². The van der Waals surface area contributed by atoms with Crippen LogP contribution in [-0.2, 0) is 17.7 Å². The summed E-state index contributed by atoms with van der Waals surface area (Å²) in [4.78, 5) is 0. The van der Waals surface area contributed by atoms with Crippen molar-refractivity contribution in [3.63, 3.8) is 0 Å². The van der Waals surface area contributed by atoms with Crippen molar-refractivity contribution in [2.24, 2.45) is 0 Å². The van der Waals surface area contributed by atoms with Crippen LogP contribution in [0.15, 0.2) is 18.2 Å². The van der Waals surface area contributed by atoms with Gasteiger partial charge in [-0.2, -0.15) is 0 Å². The zero-order valence-electron chi connectivity index (χ0n) is 11.0. The Hall–Kier alpha value is -1.06. The van der Waals surface area contributed by atoms with Crippen molar-refractivity contribution in [3.8, 4) is 0 Å². The van der Waals surface area contributed by atoms with Crippen LogP contribution in [0.2, 0.25) is 0 Å². The number of anilines is 1. The van der Waals surface area contributed by atoms with Gasteiger partial charge in [0.15, 0.2) is 0 Å². The summed E-state index contributed by atoms with van der Waals surface area (Å²) in [5, 5.41) is 7.01. The van der Waals surface area contributed by atoms with Gasteiger partial charge < -0.3 is 15.4 Å². The molecule has 1 aromatic rings. The first-order chi connectivity index (χ1) is 8.85. The Morgan fingerprint density at radius 3 is 3.11 bits per heavy atom. The lowest BCUT2D eigenvalue weighted by Crippen LogP contribution is -2.45. The van der Waals surface area contributed by atoms with E-state index in [0.29, 0.717) is 12.1 Å². The number of fused-ring (bicyclic) bond motifs is 1. The molecule has 0 radical (unpaired) electrons. The average molecular weight is 246 g/mol. The summed E-state index contributed by atoms with van der Waals surface area (Å²) in [7, 11) is 0. The van der Waals surface area contributed by atoms with Gasteiger partial charge in [0, 0.05) is 31.4 Å². The molecule has 1 fully saturated rings. The molecule has 0 bridgehead atoms. The van der Waals surface area contributed by atoms with E-state index in [1.54, 1.807) is 0 Å². The van der Waals surface area contributed by atoms with Gasteiger partial charge >= 0.3 is 0 Å². The summed E-state index contributed by atoms with van der Waals surface area (Å²) in [5.74, 6) is 0. The van der Waals surface area contributed by atoms with Crippen molar-refractivity contribution in [2.75, 3.05) is 18.5 Å². The number of hydrogen-bond acceptors (Lipinski definition) is 3. The molecule has 2 aliphatic rings. The summed E-state index contributed by atoms with van der Waals surface area (Å²) in [6.07, 6.45) is 4.00. The fraction of sp³-hybridized carbons (Fsp3) is 0.600. The van der Waals surface area contributed by atoms with Gasteiger partial charge in [-0.3, -0.25) is 0 Å². The summed E-state index contributed by atoms with van der Waals surface area (Å²) in [6.45, 7) is 4.98. The van der Waals surface area contributed by atoms with Crippen molar-refractivity contribution in [1.82, 2.24) is 5.32 Å². The topological polar surface area (TPSA) is 33.3 Å². The maximum atomic E-state index is 5.57. The Balaban J connectivity index is 1.47. The van der Waals surface area contributed by atoms with Crippen LogP contribution in [0, 0.1) is 0 Å². The van der Waals surface area contributed by atoms with Gasteiger partial charge in [0.05, 0.1) is 6.10 Å². The molecule has 1 saturated carbocycles. The summed E-state index contributed by atoms with van der Waals surface area (Å²) < 4.78 is 5.57. The molecule has 0 saturated heterocycles. The zero-order chi connectivity index (χ0) is 12.4. The molecular weight excluding hydrogens is 224 g/mol. The Morgan fingerprint density at radius 2 is 2.28 bits per heavy atom. The van der Waals surface area contributed by atoms with E-state index < -0.39 is 0 Å². The van der Waals surface area contributed by atoms with Crippen LogP contribution in [0.5, 0.6) is 0 Å². The molecule has 1 aliphatic heterocycles. The maximum absolute atomic E-state index is 5.57. The SMILES string of the molecule is CCOC1CC(NCc2ccc3c(c2)CCN3)C1. The third-order valence-corrected chi connectivity index (χ3v) is 3.97. The molecule has 3 heteroatoms. The Morgan fingerprint density at radius 1 is 1.39 bits per heavy atom. The van der Waals surface area contributed by atoms with Crippen molar-refractivity contribution in [1.29, 1.82) is 0 Å². The molecule has 0 amide bonds. The highest BCUT2D eigenvalue weighted by molar-refractivity contribution is 5.56. The van der Waals surface area contributed by atoms with E-state index in [2.05, 4.69) is 35.8 Å². The largest absolute Gasteiger partial charge is 0.384 e. The van der Waals surface area contributed by atoms with Crippen LogP contribution < -0.4 is 10.6 Å². The predicted molar refractivity (Wildman–Crippen MR) is 73.9 cm³/mol. The molecule has 98 valence electrons. The highest BCUT2D eigenvalue weighted by Crippen LogP contribution is 2.25. The smallest absolute Gasteiger partial charge is 0.0604 e. The molecular formula is C15H22N2O. The van der Waals surface area contributed by atoms with Crippen molar-refractivity contribution >= 4 is 5.69 Å². The second-order valence-electron chi connectivity index (χ2n) is 5.29. The highest BCUT2D eigenvalue weighted by atomic mass is 16.5. The molecule has 3 nitrogen and oxygen atoms in total. The lowest BCUT2D eigenvalue weighted by molar-refractivity contribution is -0.0102. The molecule has 0 unspecified atom stereocenters. The Bertz CT molecular complexity index is 413. The minimum atomic E-state index is 0.497. The monoisotopic (exact) mass is 246 g/mol. The van der Waals surface area contributed by atoms with Crippen LogP contribution in [0.4, 0.5) is 5.69 Å². The molecule has 2 N–H and O–H groups in total. The van der Waals surface area contributed by atoms with Gasteiger partial charge in [0.1, 0.15) is 0 Å². The van der Waals surface area contributed by atoms with E-state index in [1.165, 1.54) is 36.1 Å². The second kappa shape index (κ2) is 5.29. The van der Waals surface area contributed by atoms with Crippen molar-refractivity contribution < 1.29 is 4.74 Å². The molecule has 0 spiro atoms. The number of ether oxygens (including phenoxy) is 1. The number of benzene rings is 1. The number of rotatable bonds is 5. The van der Waals surface area contributed by atoms with E-state index in [0.717, 1.165) is 19.7 Å². The molecule has 0 atom stereocenters. The maximum Gasteiger partial charge on any atom is 0.0604 e. The first-order valence-corrected chi connectivity index (χ1v) is 7.06. The van der Waals surface area contributed by atoms with Crippen molar-refractivity contribution in [2.45, 2.75) is 44.9 Å². The first kappa shape index (κ1) is 12.0. The number of hydrogen-bond donors (Lipinski definition) is 2. The second-order valence-corrected chi connectivity index (χ2v) is 5.29. The van der Waals surface area contributed by atoms with Gasteiger partial charge in [-0.1, -0.05) is 12.1 Å². The standard InChI is InChI=1S/C15H22N2O/c1-2-18-14-8-13(9-14)17-10-11-3-4-15-12(7-11)5-6-16-15/h3-4,7,13-14,16-17H,2,5-6,8-10H2,1H3. The molecule has 3 rings (SSSR count). The summed E-state index contributed by atoms with van der Waals surface area (Å²) >= 11 is 0. The van der Waals surface area contributed by atoms with Gasteiger partial charge in [0.25, 0.3) is 0 Å². The fourth-order valence-corrected chi connectivity index (χ4v) is 2.83. The van der Waals surface area contributed by atoms with Gasteiger partial charge in [-0.05, 0) is 43.4 Å². The normalized spacial score (nSPS) is 25.4. The Labute approximate surface area is 109 Å². The molecule has 1 aromatic carbocycles. The quantitative estimate of drug-likeness (QED) is 0.836. The van der Waals surface area contributed by atoms with Gasteiger partial charge in [0.2, 0.25) is 0 Å². The predicted octanol–water partition coefficient (Wildman–Crippen LogP) is 2.31. The van der Waals surface area contributed by atoms with Crippen LogP contribution in [0.1, 0.15) is 30.9 Å². The third-order valence-electron chi connectivity index (χ3n) is 3.97. The van der Waals surface area contributed by atoms with E-state index in [1.807, 2.05) is 0 Å². The van der Waals surface area contributed by atoms with Crippen LogP contribution in [-0.4, -0.2) is 25.3 Å². The van der Waals surface area contributed by atoms with Crippen LogP contribution in [0.25, 0.3) is 0 Å². The molecule has 1 heterocycles. The first-order valence-electron chi connectivity index (χ1n) is 7.06. The Kier molecular flexibility index (Phi) is 3.52. The summed E-state index contributed by atoms with van der Waals surface area (Å²) in [6, 6.07) is 7.42. The highest BCUT2D eigenvalue weighted by Gasteiger charge is 2.28. The van der Waals surface area contributed by atoms with Crippen LogP contribution >= 0.6 is 0 Å². The molecule has 1 aliphatic carbocycles. The fourth-order valence-electron chi connectivity index (χ4n) is 2.83. The van der Waals surface area contributed by atoms with Gasteiger partial charge in [-0.25, -0.2) is 0 Å². The lowest BCUT2D eigenvalue weighted by atomic mass is 9.89. The minimum absolute atomic E-state index is 0.497. The molecule has 0 aromatic heterocycles. The van der Waals surface area contributed by atoms with Crippen LogP contribution in [0.3, 0.4) is 0 Å². The van der Waals surface area contributed by atoms with E-state index in [4.69, 9.17) is 4.74 Å². The third kappa shape index (κ3) is 2.52. The molecule has 18 heavy (non-hydrogen) atoms. The zero-order valence-corrected chi connectivity index (χ0v) is 11.0. The summed E-state index contributed by atoms with van der Waals surface area (Å²) in [5.41, 5.74) is 4.19. The minimum Gasteiger partial charge on any atom is -0.384 e. The lowest BCUT2D eigenvalue weighted by Gasteiger charge is -2.35. The van der Waals surface area contributed by atoms with E-state index in [9.17, 15) is 0 Å².